The van der Waals surface area contributed by atoms with Gasteiger partial charge in [0.1, 0.15) is 5.82 Å². The van der Waals surface area contributed by atoms with Gasteiger partial charge in [-0.05, 0) is 31.9 Å². The second-order valence-corrected chi connectivity index (χ2v) is 8.65. The molecular weight excluding hydrogens is 368 g/mol. The molecule has 0 spiro atoms. The highest BCUT2D eigenvalue weighted by Gasteiger charge is 2.33. The monoisotopic (exact) mass is 396 g/mol. The van der Waals surface area contributed by atoms with Crippen LogP contribution in [0.1, 0.15) is 39.3 Å². The van der Waals surface area contributed by atoms with E-state index >= 15 is 0 Å². The predicted molar refractivity (Wildman–Crippen MR) is 112 cm³/mol. The average Bonchev–Trinajstić information content (AvgIpc) is 2.66. The van der Waals surface area contributed by atoms with Gasteiger partial charge in [0, 0.05) is 41.5 Å². The molecule has 2 amide bonds. The van der Waals surface area contributed by atoms with Crippen LogP contribution in [0.25, 0.3) is 11.4 Å². The molecule has 2 heterocycles. The van der Waals surface area contributed by atoms with Gasteiger partial charge in [0.2, 0.25) is 11.8 Å². The number of piperidine rings is 1. The van der Waals surface area contributed by atoms with E-state index in [0.717, 1.165) is 18.4 Å². The van der Waals surface area contributed by atoms with E-state index in [-0.39, 0.29) is 23.3 Å². The van der Waals surface area contributed by atoms with Crippen LogP contribution in [0.2, 0.25) is 0 Å². The number of anilines is 1. The molecule has 2 aromatic rings. The average molecular weight is 396 g/mol. The standard InChI is InChI=1S/C22H28N4O3/c1-14-11-18(27)25-19(23-14)15-7-5-9-17(12-15)24-20(28)16-8-6-10-26(13-16)21(29)22(2,3)4/h5,7,9,11-12,16H,6,8,10,13H2,1-4H3,(H,24,28)(H,23,25,27)/t16-/m1/s1. The number of benzene rings is 1. The number of carbonyl (C=O) groups is 2. The number of carbonyl (C=O) groups excluding carboxylic acids is 2. The Bertz CT molecular complexity index is 975. The Hall–Kier alpha value is -2.96. The smallest absolute Gasteiger partial charge is 0.251 e. The Labute approximate surface area is 170 Å². The number of hydrogen-bond donors (Lipinski definition) is 2. The zero-order valence-electron chi connectivity index (χ0n) is 17.4. The van der Waals surface area contributed by atoms with Crippen molar-refractivity contribution in [3.8, 4) is 11.4 Å². The van der Waals surface area contributed by atoms with Crippen LogP contribution in [0.15, 0.2) is 35.1 Å². The number of amides is 2. The largest absolute Gasteiger partial charge is 0.341 e. The molecule has 2 N–H and O–H groups in total. The molecule has 7 nitrogen and oxygen atoms in total. The minimum atomic E-state index is -0.454. The van der Waals surface area contributed by atoms with E-state index in [1.54, 1.807) is 24.0 Å². The molecule has 0 saturated carbocycles. The molecule has 154 valence electrons. The normalized spacial score (nSPS) is 17.1. The maximum Gasteiger partial charge on any atom is 0.251 e. The summed E-state index contributed by atoms with van der Waals surface area (Å²) in [7, 11) is 0. The van der Waals surface area contributed by atoms with Crippen molar-refractivity contribution in [2.45, 2.75) is 40.5 Å². The summed E-state index contributed by atoms with van der Waals surface area (Å²) in [6.45, 7) is 8.59. The maximum atomic E-state index is 12.8. The van der Waals surface area contributed by atoms with Gasteiger partial charge in [-0.15, -0.1) is 0 Å². The lowest BCUT2D eigenvalue weighted by Crippen LogP contribution is -2.47. The van der Waals surface area contributed by atoms with E-state index in [4.69, 9.17) is 0 Å². The predicted octanol–water partition coefficient (Wildman–Crippen LogP) is 2.97. The second kappa shape index (κ2) is 8.19. The van der Waals surface area contributed by atoms with Crippen molar-refractivity contribution in [2.24, 2.45) is 11.3 Å². The highest BCUT2D eigenvalue weighted by molar-refractivity contribution is 5.94. The van der Waals surface area contributed by atoms with E-state index in [9.17, 15) is 14.4 Å². The summed E-state index contributed by atoms with van der Waals surface area (Å²) in [5.74, 6) is 0.201. The second-order valence-electron chi connectivity index (χ2n) is 8.65. The quantitative estimate of drug-likeness (QED) is 0.834. The van der Waals surface area contributed by atoms with E-state index < -0.39 is 5.41 Å². The molecule has 1 atom stereocenters. The fourth-order valence-corrected chi connectivity index (χ4v) is 3.55. The molecule has 3 rings (SSSR count). The summed E-state index contributed by atoms with van der Waals surface area (Å²) < 4.78 is 0. The molecule has 1 aromatic heterocycles. The van der Waals surface area contributed by atoms with Gasteiger partial charge < -0.3 is 15.2 Å². The Morgan fingerprint density at radius 1 is 1.24 bits per heavy atom. The third-order valence-corrected chi connectivity index (χ3v) is 4.99. The van der Waals surface area contributed by atoms with Gasteiger partial charge >= 0.3 is 0 Å². The first-order chi connectivity index (χ1) is 13.6. The molecule has 1 aliphatic heterocycles. The summed E-state index contributed by atoms with van der Waals surface area (Å²) in [6, 6.07) is 8.66. The van der Waals surface area contributed by atoms with Crippen molar-refractivity contribution in [1.29, 1.82) is 0 Å². The number of nitrogens with one attached hydrogen (secondary N) is 2. The minimum Gasteiger partial charge on any atom is -0.341 e. The van der Waals surface area contributed by atoms with E-state index in [1.165, 1.54) is 6.07 Å². The molecule has 7 heteroatoms. The van der Waals surface area contributed by atoms with Gasteiger partial charge in [0.05, 0.1) is 5.92 Å². The lowest BCUT2D eigenvalue weighted by atomic mass is 9.91. The molecule has 1 saturated heterocycles. The van der Waals surface area contributed by atoms with Crippen molar-refractivity contribution in [2.75, 3.05) is 18.4 Å². The minimum absolute atomic E-state index is 0.0754. The van der Waals surface area contributed by atoms with Gasteiger partial charge in [-0.25, -0.2) is 4.98 Å². The molecule has 0 radical (unpaired) electrons. The summed E-state index contributed by atoms with van der Waals surface area (Å²) in [6.07, 6.45) is 1.57. The van der Waals surface area contributed by atoms with Crippen LogP contribution >= 0.6 is 0 Å². The Kier molecular flexibility index (Phi) is 5.86. The number of H-pyrrole nitrogens is 1. The first-order valence-corrected chi connectivity index (χ1v) is 9.92. The number of aromatic nitrogens is 2. The highest BCUT2D eigenvalue weighted by Crippen LogP contribution is 2.25. The first kappa shape index (κ1) is 20.8. The van der Waals surface area contributed by atoms with Gasteiger partial charge in [-0.2, -0.15) is 0 Å². The van der Waals surface area contributed by atoms with Gasteiger partial charge in [0.25, 0.3) is 5.56 Å². The Balaban J connectivity index is 1.72. The topological polar surface area (TPSA) is 95.2 Å². The van der Waals surface area contributed by atoms with Gasteiger partial charge in [0.15, 0.2) is 0 Å². The Morgan fingerprint density at radius 3 is 2.69 bits per heavy atom. The van der Waals surface area contributed by atoms with Crippen LogP contribution in [0.5, 0.6) is 0 Å². The molecular formula is C22H28N4O3. The van der Waals surface area contributed by atoms with Gasteiger partial charge in [-0.1, -0.05) is 32.9 Å². The fourth-order valence-electron chi connectivity index (χ4n) is 3.55. The highest BCUT2D eigenvalue weighted by atomic mass is 16.2. The zero-order valence-corrected chi connectivity index (χ0v) is 17.4. The zero-order chi connectivity index (χ0) is 21.2. The number of hydrogen-bond acceptors (Lipinski definition) is 4. The summed E-state index contributed by atoms with van der Waals surface area (Å²) in [5.41, 5.74) is 1.31. The number of aryl methyl sites for hydroxylation is 1. The van der Waals surface area contributed by atoms with E-state index in [1.807, 2.05) is 32.9 Å². The van der Waals surface area contributed by atoms with Crippen molar-refractivity contribution in [3.63, 3.8) is 0 Å². The van der Waals surface area contributed by atoms with Crippen LogP contribution in [-0.2, 0) is 9.59 Å². The lowest BCUT2D eigenvalue weighted by Gasteiger charge is -2.35. The molecule has 1 aliphatic rings. The first-order valence-electron chi connectivity index (χ1n) is 9.92. The Morgan fingerprint density at radius 2 is 2.00 bits per heavy atom. The van der Waals surface area contributed by atoms with Crippen molar-refractivity contribution in [1.82, 2.24) is 14.9 Å². The van der Waals surface area contributed by atoms with Crippen LogP contribution in [0.4, 0.5) is 5.69 Å². The van der Waals surface area contributed by atoms with Crippen LogP contribution in [0.3, 0.4) is 0 Å². The van der Waals surface area contributed by atoms with Gasteiger partial charge in [-0.3, -0.25) is 14.4 Å². The summed E-state index contributed by atoms with van der Waals surface area (Å²) in [5, 5.41) is 2.95. The van der Waals surface area contributed by atoms with Crippen LogP contribution in [-0.4, -0.2) is 39.8 Å². The summed E-state index contributed by atoms with van der Waals surface area (Å²) >= 11 is 0. The number of rotatable bonds is 3. The SMILES string of the molecule is Cc1cc(=O)[nH]c(-c2cccc(NC(=O)[C@@H]3CCCN(C(=O)C(C)(C)C)C3)c2)n1. The van der Waals surface area contributed by atoms with Crippen molar-refractivity contribution < 1.29 is 9.59 Å². The van der Waals surface area contributed by atoms with Crippen LogP contribution in [0, 0.1) is 18.3 Å². The third-order valence-electron chi connectivity index (χ3n) is 4.99. The van der Waals surface area contributed by atoms with E-state index in [2.05, 4.69) is 15.3 Å². The maximum absolute atomic E-state index is 12.8. The molecule has 1 fully saturated rings. The number of aromatic amines is 1. The lowest BCUT2D eigenvalue weighted by molar-refractivity contribution is -0.142. The molecule has 1 aromatic carbocycles. The van der Waals surface area contributed by atoms with Crippen molar-refractivity contribution >= 4 is 17.5 Å². The number of likely N-dealkylation sites (tertiary alicyclic amines) is 1. The molecule has 0 aliphatic carbocycles. The fraction of sp³-hybridized carbons (Fsp3) is 0.455. The molecule has 0 unspecified atom stereocenters. The van der Waals surface area contributed by atoms with Crippen LogP contribution < -0.4 is 10.9 Å². The number of nitrogens with zero attached hydrogens (tertiary/aromatic N) is 2. The summed E-state index contributed by atoms with van der Waals surface area (Å²) in [4.78, 5) is 46.0. The third kappa shape index (κ3) is 5.10. The molecule has 29 heavy (non-hydrogen) atoms. The van der Waals surface area contributed by atoms with Crippen molar-refractivity contribution in [3.05, 3.63) is 46.4 Å². The molecule has 0 bridgehead atoms. The van der Waals surface area contributed by atoms with E-state index in [0.29, 0.717) is 30.3 Å².